The maximum atomic E-state index is 13.9. The van der Waals surface area contributed by atoms with Crippen molar-refractivity contribution in [3.63, 3.8) is 0 Å². The van der Waals surface area contributed by atoms with Crippen LogP contribution in [0.3, 0.4) is 0 Å². The fourth-order valence-corrected chi connectivity index (χ4v) is 2.52. The van der Waals surface area contributed by atoms with Crippen LogP contribution in [-0.4, -0.2) is 14.2 Å². The Morgan fingerprint density at radius 1 is 1.18 bits per heavy atom. The van der Waals surface area contributed by atoms with E-state index in [1.54, 1.807) is 43.5 Å². The number of benzene rings is 2. The van der Waals surface area contributed by atoms with Crippen LogP contribution in [-0.2, 0) is 0 Å². The molecule has 2 rings (SSSR count). The van der Waals surface area contributed by atoms with E-state index < -0.39 is 5.82 Å². The van der Waals surface area contributed by atoms with Crippen molar-refractivity contribution in [2.24, 2.45) is 0 Å². The Morgan fingerprint density at radius 3 is 2.45 bits per heavy atom. The molecule has 0 aliphatic carbocycles. The normalized spacial score (nSPS) is 11.0. The zero-order chi connectivity index (χ0) is 16.1. The third-order valence-electron chi connectivity index (χ3n) is 3.09. The van der Waals surface area contributed by atoms with Crippen LogP contribution < -0.4 is 9.47 Å². The van der Waals surface area contributed by atoms with Crippen molar-refractivity contribution in [3.05, 3.63) is 57.8 Å². The molecule has 0 fully saturated rings. The summed E-state index contributed by atoms with van der Waals surface area (Å²) in [6.45, 7) is 0. The highest BCUT2D eigenvalue weighted by molar-refractivity contribution is 9.10. The van der Waals surface area contributed by atoms with Gasteiger partial charge < -0.3 is 9.47 Å². The van der Waals surface area contributed by atoms with Crippen molar-refractivity contribution in [1.82, 2.24) is 0 Å². The van der Waals surface area contributed by atoms with Crippen molar-refractivity contribution in [2.75, 3.05) is 14.2 Å². The molecule has 0 bridgehead atoms. The molecule has 0 unspecified atom stereocenters. The highest BCUT2D eigenvalue weighted by Crippen LogP contribution is 2.35. The molecule has 0 atom stereocenters. The monoisotopic (exact) mass is 361 g/mol. The highest BCUT2D eigenvalue weighted by atomic mass is 79.9. The molecule has 22 heavy (non-hydrogen) atoms. The van der Waals surface area contributed by atoms with Crippen LogP contribution in [0.15, 0.2) is 40.9 Å². The van der Waals surface area contributed by atoms with E-state index in [0.29, 0.717) is 21.5 Å². The summed E-state index contributed by atoms with van der Waals surface area (Å²) in [6, 6.07) is 11.6. The summed E-state index contributed by atoms with van der Waals surface area (Å²) in [6.07, 6.45) is 1.58. The number of halogens is 2. The van der Waals surface area contributed by atoms with E-state index in [9.17, 15) is 9.65 Å². The Hall–Kier alpha value is -2.32. The van der Waals surface area contributed by atoms with Crippen molar-refractivity contribution in [2.45, 2.75) is 0 Å². The number of hydrogen-bond donors (Lipinski definition) is 0. The first-order chi connectivity index (χ1) is 10.6. The van der Waals surface area contributed by atoms with Gasteiger partial charge in [0.1, 0.15) is 17.3 Å². The van der Waals surface area contributed by atoms with E-state index in [0.717, 1.165) is 0 Å². The SMILES string of the molecule is COc1cc(OC)c(C=C(C#N)c2ccccc2F)cc1Br. The van der Waals surface area contributed by atoms with E-state index >= 15 is 0 Å². The van der Waals surface area contributed by atoms with Gasteiger partial charge in [0.25, 0.3) is 0 Å². The molecule has 0 heterocycles. The molecular weight excluding hydrogens is 349 g/mol. The number of hydrogen-bond acceptors (Lipinski definition) is 3. The lowest BCUT2D eigenvalue weighted by atomic mass is 10.0. The lowest BCUT2D eigenvalue weighted by Gasteiger charge is -2.10. The van der Waals surface area contributed by atoms with Gasteiger partial charge in [0.2, 0.25) is 0 Å². The zero-order valence-corrected chi connectivity index (χ0v) is 13.6. The van der Waals surface area contributed by atoms with Gasteiger partial charge in [0, 0.05) is 17.2 Å². The lowest BCUT2D eigenvalue weighted by molar-refractivity contribution is 0.392. The number of methoxy groups -OCH3 is 2. The molecule has 0 aliphatic heterocycles. The standard InChI is InChI=1S/C17H13BrFNO2/c1-21-16-9-17(22-2)14(18)8-11(16)7-12(10-20)13-5-3-4-6-15(13)19/h3-9H,1-2H3. The van der Waals surface area contributed by atoms with E-state index in [-0.39, 0.29) is 11.1 Å². The Kier molecular flexibility index (Phi) is 5.18. The Labute approximate surface area is 136 Å². The van der Waals surface area contributed by atoms with Crippen LogP contribution in [0.4, 0.5) is 4.39 Å². The largest absolute Gasteiger partial charge is 0.496 e. The molecule has 5 heteroatoms. The first kappa shape index (κ1) is 16.1. The maximum Gasteiger partial charge on any atom is 0.136 e. The van der Waals surface area contributed by atoms with Crippen LogP contribution >= 0.6 is 15.9 Å². The van der Waals surface area contributed by atoms with Crippen molar-refractivity contribution < 1.29 is 13.9 Å². The number of rotatable bonds is 4. The zero-order valence-electron chi connectivity index (χ0n) is 12.1. The first-order valence-electron chi connectivity index (χ1n) is 6.39. The molecule has 112 valence electrons. The smallest absolute Gasteiger partial charge is 0.136 e. The van der Waals surface area contributed by atoms with Gasteiger partial charge >= 0.3 is 0 Å². The molecule has 0 radical (unpaired) electrons. The van der Waals surface area contributed by atoms with Gasteiger partial charge in [-0.1, -0.05) is 18.2 Å². The van der Waals surface area contributed by atoms with E-state index in [2.05, 4.69) is 15.9 Å². The van der Waals surface area contributed by atoms with Gasteiger partial charge in [0.05, 0.1) is 30.3 Å². The second kappa shape index (κ2) is 7.10. The average Bonchev–Trinajstić information content (AvgIpc) is 2.53. The van der Waals surface area contributed by atoms with E-state index in [1.165, 1.54) is 13.2 Å². The van der Waals surface area contributed by atoms with Crippen LogP contribution in [0, 0.1) is 17.1 Å². The average molecular weight is 362 g/mol. The topological polar surface area (TPSA) is 42.2 Å². The molecule has 2 aromatic carbocycles. The van der Waals surface area contributed by atoms with Gasteiger partial charge in [-0.15, -0.1) is 0 Å². The Bertz CT molecular complexity index is 766. The minimum absolute atomic E-state index is 0.216. The lowest BCUT2D eigenvalue weighted by Crippen LogP contribution is -1.93. The number of nitriles is 1. The molecule has 2 aromatic rings. The molecular formula is C17H13BrFNO2. The van der Waals surface area contributed by atoms with Crippen molar-refractivity contribution in [3.8, 4) is 17.6 Å². The second-order valence-corrected chi connectivity index (χ2v) is 5.23. The fraction of sp³-hybridized carbons (Fsp3) is 0.118. The molecule has 0 N–H and O–H groups in total. The van der Waals surface area contributed by atoms with E-state index in [4.69, 9.17) is 9.47 Å². The summed E-state index contributed by atoms with van der Waals surface area (Å²) in [5.74, 6) is 0.699. The van der Waals surface area contributed by atoms with Gasteiger partial charge in [-0.05, 0) is 34.1 Å². The summed E-state index contributed by atoms with van der Waals surface area (Å²) in [5.41, 5.74) is 1.11. The highest BCUT2D eigenvalue weighted by Gasteiger charge is 2.11. The third-order valence-corrected chi connectivity index (χ3v) is 3.71. The minimum Gasteiger partial charge on any atom is -0.496 e. The number of ether oxygens (including phenoxy) is 2. The van der Waals surface area contributed by atoms with Gasteiger partial charge in [-0.25, -0.2) is 4.39 Å². The predicted octanol–water partition coefficient (Wildman–Crippen LogP) is 4.67. The van der Waals surface area contributed by atoms with Crippen molar-refractivity contribution in [1.29, 1.82) is 5.26 Å². The number of allylic oxidation sites excluding steroid dienone is 1. The van der Waals surface area contributed by atoms with Crippen molar-refractivity contribution >= 4 is 27.6 Å². The summed E-state index contributed by atoms with van der Waals surface area (Å²) in [5, 5.41) is 9.34. The molecule has 0 aliphatic rings. The second-order valence-electron chi connectivity index (χ2n) is 4.38. The van der Waals surface area contributed by atoms with Crippen LogP contribution in [0.2, 0.25) is 0 Å². The molecule has 0 spiro atoms. The molecule has 3 nitrogen and oxygen atoms in total. The first-order valence-corrected chi connectivity index (χ1v) is 7.18. The Morgan fingerprint density at radius 2 is 1.86 bits per heavy atom. The molecule has 0 amide bonds. The summed E-state index contributed by atoms with van der Waals surface area (Å²) in [4.78, 5) is 0. The third kappa shape index (κ3) is 3.29. The fourth-order valence-electron chi connectivity index (χ4n) is 2.00. The van der Waals surface area contributed by atoms with Crippen LogP contribution in [0.1, 0.15) is 11.1 Å². The van der Waals surface area contributed by atoms with Gasteiger partial charge in [0.15, 0.2) is 0 Å². The summed E-state index contributed by atoms with van der Waals surface area (Å²) >= 11 is 3.39. The van der Waals surface area contributed by atoms with Gasteiger partial charge in [-0.2, -0.15) is 5.26 Å². The predicted molar refractivity (Wildman–Crippen MR) is 87.1 cm³/mol. The van der Waals surface area contributed by atoms with E-state index in [1.807, 2.05) is 6.07 Å². The van der Waals surface area contributed by atoms with Crippen LogP contribution in [0.25, 0.3) is 11.6 Å². The quantitative estimate of drug-likeness (QED) is 0.586. The maximum absolute atomic E-state index is 13.9. The number of nitrogens with zero attached hydrogens (tertiary/aromatic N) is 1. The molecule has 0 aromatic heterocycles. The molecule has 0 saturated carbocycles. The summed E-state index contributed by atoms with van der Waals surface area (Å²) < 4.78 is 25.1. The van der Waals surface area contributed by atoms with Gasteiger partial charge in [-0.3, -0.25) is 0 Å². The summed E-state index contributed by atoms with van der Waals surface area (Å²) in [7, 11) is 3.07. The van der Waals surface area contributed by atoms with Crippen LogP contribution in [0.5, 0.6) is 11.5 Å². The Balaban J connectivity index is 2.58. The minimum atomic E-state index is -0.443. The molecule has 0 saturated heterocycles.